The van der Waals surface area contributed by atoms with E-state index in [0.29, 0.717) is 6.42 Å². The lowest BCUT2D eigenvalue weighted by atomic mass is 9.54. The summed E-state index contributed by atoms with van der Waals surface area (Å²) in [6, 6.07) is 0. The lowest BCUT2D eigenvalue weighted by Gasteiger charge is -2.54. The van der Waals surface area contributed by atoms with E-state index in [1.165, 1.54) is 0 Å². The molecule has 12 heavy (non-hydrogen) atoms. The van der Waals surface area contributed by atoms with Gasteiger partial charge in [-0.15, -0.1) is 6.58 Å². The maximum absolute atomic E-state index is 9.77. The molecular formula is C10H18O2. The zero-order chi connectivity index (χ0) is 9.57. The van der Waals surface area contributed by atoms with E-state index in [1.807, 2.05) is 13.0 Å². The van der Waals surface area contributed by atoms with Crippen molar-refractivity contribution >= 4 is 0 Å². The van der Waals surface area contributed by atoms with Crippen molar-refractivity contribution in [3.8, 4) is 0 Å². The Morgan fingerprint density at radius 2 is 2.08 bits per heavy atom. The molecule has 2 nitrogen and oxygen atoms in total. The third-order valence-electron chi connectivity index (χ3n) is 2.97. The number of allylic oxidation sites excluding steroid dienone is 1. The van der Waals surface area contributed by atoms with E-state index >= 15 is 0 Å². The molecule has 0 aromatic carbocycles. The number of rotatable bonds is 2. The van der Waals surface area contributed by atoms with Crippen LogP contribution < -0.4 is 0 Å². The molecule has 1 rings (SSSR count). The van der Waals surface area contributed by atoms with Crippen molar-refractivity contribution in [2.24, 2.45) is 11.3 Å². The first-order valence-corrected chi connectivity index (χ1v) is 4.35. The summed E-state index contributed by atoms with van der Waals surface area (Å²) in [4.78, 5) is 0. The predicted molar refractivity (Wildman–Crippen MR) is 48.7 cm³/mol. The van der Waals surface area contributed by atoms with Gasteiger partial charge in [0.2, 0.25) is 0 Å². The molecule has 3 unspecified atom stereocenters. The summed E-state index contributed by atoms with van der Waals surface area (Å²) >= 11 is 0. The highest BCUT2D eigenvalue weighted by Crippen LogP contribution is 2.52. The van der Waals surface area contributed by atoms with Crippen LogP contribution in [-0.4, -0.2) is 21.9 Å². The molecule has 0 radical (unpaired) electrons. The van der Waals surface area contributed by atoms with Crippen LogP contribution in [-0.2, 0) is 0 Å². The quantitative estimate of drug-likeness (QED) is 0.614. The summed E-state index contributed by atoms with van der Waals surface area (Å²) < 4.78 is 0. The second-order valence-electron chi connectivity index (χ2n) is 4.61. The van der Waals surface area contributed by atoms with E-state index in [2.05, 4.69) is 6.58 Å². The van der Waals surface area contributed by atoms with E-state index < -0.39 is 5.60 Å². The molecule has 70 valence electrons. The summed E-state index contributed by atoms with van der Waals surface area (Å²) in [6.45, 7) is 9.23. The normalized spacial score (nSPS) is 42.1. The standard InChI is InChI=1S/C10H18O2/c1-5-10(4)6-7(11)8(10)9(2,3)12/h5,7-8,11-12H,1,6H2,2-4H3. The summed E-state index contributed by atoms with van der Waals surface area (Å²) in [5.41, 5.74) is -0.918. The van der Waals surface area contributed by atoms with Crippen molar-refractivity contribution in [3.63, 3.8) is 0 Å². The monoisotopic (exact) mass is 170 g/mol. The molecule has 1 aliphatic rings. The van der Waals surface area contributed by atoms with Gasteiger partial charge < -0.3 is 10.2 Å². The van der Waals surface area contributed by atoms with Crippen LogP contribution in [0.3, 0.4) is 0 Å². The average molecular weight is 170 g/mol. The molecular weight excluding hydrogens is 152 g/mol. The van der Waals surface area contributed by atoms with Crippen LogP contribution in [0, 0.1) is 11.3 Å². The van der Waals surface area contributed by atoms with Gasteiger partial charge in [-0.2, -0.15) is 0 Å². The van der Waals surface area contributed by atoms with Crippen LogP contribution in [0.2, 0.25) is 0 Å². The van der Waals surface area contributed by atoms with Crippen LogP contribution in [0.5, 0.6) is 0 Å². The van der Waals surface area contributed by atoms with Crippen molar-refractivity contribution in [1.82, 2.24) is 0 Å². The molecule has 0 spiro atoms. The zero-order valence-corrected chi connectivity index (χ0v) is 8.04. The molecule has 0 aromatic rings. The summed E-state index contributed by atoms with van der Waals surface area (Å²) in [6.07, 6.45) is 2.17. The van der Waals surface area contributed by atoms with Gasteiger partial charge in [-0.05, 0) is 25.7 Å². The Morgan fingerprint density at radius 1 is 1.58 bits per heavy atom. The number of hydrogen-bond donors (Lipinski definition) is 2. The Bertz CT molecular complexity index is 193. The van der Waals surface area contributed by atoms with Gasteiger partial charge in [-0.3, -0.25) is 0 Å². The van der Waals surface area contributed by atoms with Crippen molar-refractivity contribution in [3.05, 3.63) is 12.7 Å². The third kappa shape index (κ3) is 1.29. The maximum atomic E-state index is 9.77. The van der Waals surface area contributed by atoms with Crippen LogP contribution in [0.4, 0.5) is 0 Å². The van der Waals surface area contributed by atoms with Gasteiger partial charge in [0.05, 0.1) is 11.7 Å². The molecule has 2 heteroatoms. The van der Waals surface area contributed by atoms with Gasteiger partial charge in [-0.1, -0.05) is 13.0 Å². The molecule has 0 amide bonds. The fraction of sp³-hybridized carbons (Fsp3) is 0.800. The number of aliphatic hydroxyl groups excluding tert-OH is 1. The SMILES string of the molecule is C=CC1(C)CC(O)C1C(C)(C)O. The lowest BCUT2D eigenvalue weighted by molar-refractivity contribution is -0.164. The van der Waals surface area contributed by atoms with Gasteiger partial charge >= 0.3 is 0 Å². The molecule has 3 atom stereocenters. The summed E-state index contributed by atoms with van der Waals surface area (Å²) in [7, 11) is 0. The highest BCUT2D eigenvalue weighted by atomic mass is 16.3. The molecule has 1 aliphatic carbocycles. The molecule has 0 saturated heterocycles. The third-order valence-corrected chi connectivity index (χ3v) is 2.97. The van der Waals surface area contributed by atoms with E-state index in [-0.39, 0.29) is 17.4 Å². The molecule has 0 aromatic heterocycles. The number of hydrogen-bond acceptors (Lipinski definition) is 2. The van der Waals surface area contributed by atoms with Gasteiger partial charge in [0.1, 0.15) is 0 Å². The van der Waals surface area contributed by atoms with Gasteiger partial charge in [0, 0.05) is 5.92 Å². The first-order chi connectivity index (χ1) is 5.31. The highest BCUT2D eigenvalue weighted by Gasteiger charge is 2.54. The molecule has 0 aliphatic heterocycles. The predicted octanol–water partition coefficient (Wildman–Crippen LogP) is 1.33. The highest BCUT2D eigenvalue weighted by molar-refractivity contribution is 5.12. The van der Waals surface area contributed by atoms with E-state index in [4.69, 9.17) is 0 Å². The van der Waals surface area contributed by atoms with E-state index in [1.54, 1.807) is 13.8 Å². The first kappa shape index (κ1) is 9.75. The minimum Gasteiger partial charge on any atom is -0.393 e. The van der Waals surface area contributed by atoms with Crippen LogP contribution in [0.15, 0.2) is 12.7 Å². The minimum atomic E-state index is -0.819. The fourth-order valence-corrected chi connectivity index (χ4v) is 2.46. The Morgan fingerprint density at radius 3 is 2.25 bits per heavy atom. The summed E-state index contributed by atoms with van der Waals surface area (Å²) in [5, 5.41) is 19.3. The molecule has 2 N–H and O–H groups in total. The van der Waals surface area contributed by atoms with E-state index in [0.717, 1.165) is 0 Å². The van der Waals surface area contributed by atoms with Crippen LogP contribution in [0.1, 0.15) is 27.2 Å². The van der Waals surface area contributed by atoms with Gasteiger partial charge in [0.15, 0.2) is 0 Å². The second kappa shape index (κ2) is 2.57. The summed E-state index contributed by atoms with van der Waals surface area (Å²) in [5.74, 6) is -0.0810. The second-order valence-corrected chi connectivity index (χ2v) is 4.61. The topological polar surface area (TPSA) is 40.5 Å². The van der Waals surface area contributed by atoms with Crippen molar-refractivity contribution in [2.75, 3.05) is 0 Å². The zero-order valence-electron chi connectivity index (χ0n) is 8.04. The first-order valence-electron chi connectivity index (χ1n) is 4.35. The Hall–Kier alpha value is -0.340. The average Bonchev–Trinajstić information content (AvgIpc) is 1.82. The maximum Gasteiger partial charge on any atom is 0.0652 e. The Balaban J connectivity index is 2.81. The van der Waals surface area contributed by atoms with Crippen molar-refractivity contribution < 1.29 is 10.2 Å². The van der Waals surface area contributed by atoms with Crippen LogP contribution >= 0.6 is 0 Å². The van der Waals surface area contributed by atoms with Crippen LogP contribution in [0.25, 0.3) is 0 Å². The molecule has 1 fully saturated rings. The minimum absolute atomic E-state index is 0.0810. The Labute approximate surface area is 73.9 Å². The van der Waals surface area contributed by atoms with Crippen molar-refractivity contribution in [1.29, 1.82) is 0 Å². The van der Waals surface area contributed by atoms with Crippen molar-refractivity contribution in [2.45, 2.75) is 38.9 Å². The lowest BCUT2D eigenvalue weighted by Crippen LogP contribution is -2.58. The molecule has 0 bridgehead atoms. The fourth-order valence-electron chi connectivity index (χ4n) is 2.46. The van der Waals surface area contributed by atoms with Gasteiger partial charge in [0.25, 0.3) is 0 Å². The molecule has 0 heterocycles. The smallest absolute Gasteiger partial charge is 0.0652 e. The van der Waals surface area contributed by atoms with Gasteiger partial charge in [-0.25, -0.2) is 0 Å². The number of aliphatic hydroxyl groups is 2. The molecule has 1 saturated carbocycles. The van der Waals surface area contributed by atoms with E-state index in [9.17, 15) is 10.2 Å². The largest absolute Gasteiger partial charge is 0.393 e. The Kier molecular flexibility index (Phi) is 2.09.